The van der Waals surface area contributed by atoms with E-state index in [0.29, 0.717) is 6.21 Å². The van der Waals surface area contributed by atoms with E-state index in [1.165, 1.54) is 0 Å². The topological polar surface area (TPSA) is 117 Å². The van der Waals surface area contributed by atoms with Crippen LogP contribution in [0.1, 0.15) is 33.1 Å². The monoisotopic (exact) mass is 272 g/mol. The third-order valence-electron chi connectivity index (χ3n) is 2.15. The van der Waals surface area contributed by atoms with Crippen LogP contribution in [0.2, 0.25) is 0 Å². The standard InChI is InChI=1S/C12H20N2O5/c1-8(2)19-12(18)10(4-3-9(16)7-13)14-11(17)5-6-15/h7-8,10,13,15H,3-6H2,1-2H3,(H,14,17)/t10-/m0/s1. The summed E-state index contributed by atoms with van der Waals surface area (Å²) in [6, 6.07) is -0.939. The van der Waals surface area contributed by atoms with Gasteiger partial charge in [0, 0.05) is 12.8 Å². The number of carbonyl (C=O) groups is 3. The third-order valence-corrected chi connectivity index (χ3v) is 2.15. The first-order valence-corrected chi connectivity index (χ1v) is 6.04. The number of nitrogens with one attached hydrogen (secondary N) is 2. The highest BCUT2D eigenvalue weighted by atomic mass is 16.5. The van der Waals surface area contributed by atoms with Crippen molar-refractivity contribution in [3.8, 4) is 0 Å². The van der Waals surface area contributed by atoms with E-state index in [-0.39, 0.29) is 32.0 Å². The number of carbonyl (C=O) groups excluding carboxylic acids is 3. The van der Waals surface area contributed by atoms with Crippen molar-refractivity contribution in [1.82, 2.24) is 5.32 Å². The summed E-state index contributed by atoms with van der Waals surface area (Å²) >= 11 is 0. The summed E-state index contributed by atoms with van der Waals surface area (Å²) in [5.41, 5.74) is 0. The Morgan fingerprint density at radius 2 is 1.95 bits per heavy atom. The van der Waals surface area contributed by atoms with E-state index >= 15 is 0 Å². The largest absolute Gasteiger partial charge is 0.461 e. The van der Waals surface area contributed by atoms with Crippen LogP contribution in [0, 0.1) is 5.41 Å². The summed E-state index contributed by atoms with van der Waals surface area (Å²) in [5, 5.41) is 17.8. The van der Waals surface area contributed by atoms with Crippen LogP contribution in [0.15, 0.2) is 0 Å². The molecule has 0 aliphatic carbocycles. The molecule has 3 N–H and O–H groups in total. The molecule has 0 saturated heterocycles. The van der Waals surface area contributed by atoms with Crippen LogP contribution in [-0.4, -0.2) is 47.7 Å². The van der Waals surface area contributed by atoms with Gasteiger partial charge in [-0.25, -0.2) is 4.79 Å². The number of hydrogen-bond donors (Lipinski definition) is 3. The zero-order valence-electron chi connectivity index (χ0n) is 11.1. The first kappa shape index (κ1) is 17.2. The van der Waals surface area contributed by atoms with Crippen molar-refractivity contribution in [3.63, 3.8) is 0 Å². The molecule has 7 heteroatoms. The first-order chi connectivity index (χ1) is 8.90. The molecule has 19 heavy (non-hydrogen) atoms. The molecular weight excluding hydrogens is 252 g/mol. The number of Topliss-reactive ketones (excluding diaryl/α,β-unsaturated/α-hetero) is 1. The van der Waals surface area contributed by atoms with Crippen LogP contribution < -0.4 is 5.32 Å². The molecule has 7 nitrogen and oxygen atoms in total. The Balaban J connectivity index is 4.53. The van der Waals surface area contributed by atoms with Gasteiger partial charge in [-0.3, -0.25) is 9.59 Å². The summed E-state index contributed by atoms with van der Waals surface area (Å²) in [4.78, 5) is 34.1. The van der Waals surface area contributed by atoms with Crippen molar-refractivity contribution in [2.24, 2.45) is 0 Å². The predicted molar refractivity (Wildman–Crippen MR) is 67.9 cm³/mol. The molecule has 0 radical (unpaired) electrons. The van der Waals surface area contributed by atoms with Gasteiger partial charge in [-0.15, -0.1) is 0 Å². The quantitative estimate of drug-likeness (QED) is 0.397. The summed E-state index contributed by atoms with van der Waals surface area (Å²) in [6.45, 7) is 3.03. The van der Waals surface area contributed by atoms with Crippen LogP contribution in [0.25, 0.3) is 0 Å². The number of amides is 1. The summed E-state index contributed by atoms with van der Waals surface area (Å²) in [6.07, 6.45) is 0.255. The number of aliphatic hydroxyl groups is 1. The summed E-state index contributed by atoms with van der Waals surface area (Å²) in [7, 11) is 0. The predicted octanol–water partition coefficient (Wildman–Crippen LogP) is -0.196. The lowest BCUT2D eigenvalue weighted by atomic mass is 10.1. The second-order valence-corrected chi connectivity index (χ2v) is 4.23. The van der Waals surface area contributed by atoms with Crippen LogP contribution in [-0.2, 0) is 19.1 Å². The van der Waals surface area contributed by atoms with Crippen LogP contribution >= 0.6 is 0 Å². The lowest BCUT2D eigenvalue weighted by molar-refractivity contribution is -0.151. The van der Waals surface area contributed by atoms with Crippen molar-refractivity contribution < 1.29 is 24.2 Å². The highest BCUT2D eigenvalue weighted by Gasteiger charge is 2.23. The molecule has 108 valence electrons. The molecule has 0 fully saturated rings. The van der Waals surface area contributed by atoms with E-state index in [4.69, 9.17) is 15.3 Å². The molecule has 0 aromatic rings. The van der Waals surface area contributed by atoms with Crippen molar-refractivity contribution in [2.75, 3.05) is 6.61 Å². The van der Waals surface area contributed by atoms with Gasteiger partial charge in [-0.1, -0.05) is 0 Å². The highest BCUT2D eigenvalue weighted by molar-refractivity contribution is 6.26. The molecule has 0 aliphatic rings. The van der Waals surface area contributed by atoms with Gasteiger partial charge < -0.3 is 20.6 Å². The van der Waals surface area contributed by atoms with Gasteiger partial charge in [0.25, 0.3) is 0 Å². The zero-order chi connectivity index (χ0) is 14.8. The van der Waals surface area contributed by atoms with Gasteiger partial charge >= 0.3 is 5.97 Å². The smallest absolute Gasteiger partial charge is 0.328 e. The van der Waals surface area contributed by atoms with Gasteiger partial charge in [-0.2, -0.15) is 0 Å². The van der Waals surface area contributed by atoms with Gasteiger partial charge in [0.1, 0.15) is 6.04 Å². The molecule has 0 spiro atoms. The number of hydrogen-bond acceptors (Lipinski definition) is 6. The Kier molecular flexibility index (Phi) is 8.35. The minimum atomic E-state index is -0.939. The lowest BCUT2D eigenvalue weighted by Crippen LogP contribution is -2.43. The highest BCUT2D eigenvalue weighted by Crippen LogP contribution is 2.03. The number of aliphatic hydroxyl groups excluding tert-OH is 1. The van der Waals surface area contributed by atoms with Gasteiger partial charge in [0.05, 0.1) is 18.9 Å². The van der Waals surface area contributed by atoms with Gasteiger partial charge in [0.15, 0.2) is 5.78 Å². The molecule has 0 heterocycles. The second-order valence-electron chi connectivity index (χ2n) is 4.23. The van der Waals surface area contributed by atoms with E-state index < -0.39 is 23.7 Å². The average Bonchev–Trinajstić information content (AvgIpc) is 2.33. The Bertz CT molecular complexity index is 341. The maximum atomic E-state index is 11.7. The summed E-state index contributed by atoms with van der Waals surface area (Å²) in [5.74, 6) is -1.55. The third kappa shape index (κ3) is 8.04. The van der Waals surface area contributed by atoms with Gasteiger partial charge in [-0.05, 0) is 20.3 Å². The van der Waals surface area contributed by atoms with E-state index in [0.717, 1.165) is 0 Å². The van der Waals surface area contributed by atoms with Crippen LogP contribution in [0.3, 0.4) is 0 Å². The molecule has 0 aromatic heterocycles. The van der Waals surface area contributed by atoms with E-state index in [1.807, 2.05) is 0 Å². The molecule has 0 rings (SSSR count). The second kappa shape index (κ2) is 9.21. The maximum Gasteiger partial charge on any atom is 0.328 e. The molecule has 0 aromatic carbocycles. The number of ether oxygens (including phenoxy) is 1. The Morgan fingerprint density at radius 1 is 1.32 bits per heavy atom. The SMILES string of the molecule is CC(C)OC(=O)[C@H](CCC(=O)C=N)NC(=O)CCO. The van der Waals surface area contributed by atoms with E-state index in [9.17, 15) is 14.4 Å². The zero-order valence-corrected chi connectivity index (χ0v) is 11.1. The van der Waals surface area contributed by atoms with E-state index in [1.54, 1.807) is 13.8 Å². The first-order valence-electron chi connectivity index (χ1n) is 6.04. The Hall–Kier alpha value is -1.76. The fraction of sp³-hybridized carbons (Fsp3) is 0.667. The molecular formula is C12H20N2O5. The van der Waals surface area contributed by atoms with Crippen LogP contribution in [0.4, 0.5) is 0 Å². The van der Waals surface area contributed by atoms with Crippen molar-refractivity contribution in [2.45, 2.75) is 45.3 Å². The molecule has 1 atom stereocenters. The normalized spacial score (nSPS) is 11.8. The van der Waals surface area contributed by atoms with Gasteiger partial charge in [0.2, 0.25) is 5.91 Å². The minimum Gasteiger partial charge on any atom is -0.461 e. The molecule has 0 saturated carbocycles. The lowest BCUT2D eigenvalue weighted by Gasteiger charge is -2.18. The fourth-order valence-corrected chi connectivity index (χ4v) is 1.29. The molecule has 0 unspecified atom stereocenters. The number of esters is 1. The Labute approximate surface area is 111 Å². The van der Waals surface area contributed by atoms with Crippen molar-refractivity contribution >= 4 is 23.9 Å². The fourth-order valence-electron chi connectivity index (χ4n) is 1.29. The number of ketones is 1. The summed E-state index contributed by atoms with van der Waals surface area (Å²) < 4.78 is 4.97. The maximum absolute atomic E-state index is 11.7. The molecule has 1 amide bonds. The van der Waals surface area contributed by atoms with Crippen molar-refractivity contribution in [3.05, 3.63) is 0 Å². The number of rotatable bonds is 9. The van der Waals surface area contributed by atoms with Crippen LogP contribution in [0.5, 0.6) is 0 Å². The molecule has 0 bridgehead atoms. The average molecular weight is 272 g/mol. The van der Waals surface area contributed by atoms with E-state index in [2.05, 4.69) is 5.32 Å². The minimum absolute atomic E-state index is 0.0270. The Morgan fingerprint density at radius 3 is 2.42 bits per heavy atom. The molecule has 0 aliphatic heterocycles. The van der Waals surface area contributed by atoms with Crippen molar-refractivity contribution in [1.29, 1.82) is 5.41 Å².